The van der Waals surface area contributed by atoms with Crippen LogP contribution in [0.3, 0.4) is 0 Å². The number of rotatable bonds is 14. The van der Waals surface area contributed by atoms with Crippen LogP contribution in [0.2, 0.25) is 0 Å². The van der Waals surface area contributed by atoms with E-state index in [0.29, 0.717) is 24.8 Å². The third-order valence-corrected chi connectivity index (χ3v) is 7.63. The van der Waals surface area contributed by atoms with E-state index < -0.39 is 65.2 Å². The maximum atomic E-state index is 12.7. The first-order valence-corrected chi connectivity index (χ1v) is 14.5. The first-order valence-electron chi connectivity index (χ1n) is 14.5. The van der Waals surface area contributed by atoms with Gasteiger partial charge in [0.1, 0.15) is 28.9 Å². The third-order valence-electron chi connectivity index (χ3n) is 7.63. The Kier molecular flexibility index (Phi) is 13.3. The van der Waals surface area contributed by atoms with Crippen LogP contribution < -0.4 is 15.2 Å². The molecule has 1 aromatic rings. The summed E-state index contributed by atoms with van der Waals surface area (Å²) in [6.07, 6.45) is -2.28. The Labute approximate surface area is 254 Å². The van der Waals surface area contributed by atoms with Gasteiger partial charge in [-0.2, -0.15) is 0 Å². The molecule has 0 aliphatic rings. The number of hydrogen-bond acceptors (Lipinski definition) is 11. The lowest BCUT2D eigenvalue weighted by Gasteiger charge is -2.32. The summed E-state index contributed by atoms with van der Waals surface area (Å²) in [5.41, 5.74) is 4.02. The van der Waals surface area contributed by atoms with Crippen LogP contribution in [-0.2, 0) is 23.7 Å². The Morgan fingerprint density at radius 2 is 1.16 bits per heavy atom. The van der Waals surface area contributed by atoms with Crippen LogP contribution in [0, 0.1) is 5.92 Å². The minimum absolute atomic E-state index is 0.170. The van der Waals surface area contributed by atoms with Crippen molar-refractivity contribution >= 4 is 24.4 Å². The Morgan fingerprint density at radius 1 is 0.744 bits per heavy atom. The highest BCUT2D eigenvalue weighted by molar-refractivity contribution is 5.75. The topological polar surface area (TPSA) is 170 Å². The van der Waals surface area contributed by atoms with Crippen LogP contribution in [0.15, 0.2) is 18.2 Å². The van der Waals surface area contributed by atoms with E-state index in [2.05, 4.69) is 0 Å². The van der Waals surface area contributed by atoms with Gasteiger partial charge >= 0.3 is 24.4 Å². The first-order chi connectivity index (χ1) is 19.7. The summed E-state index contributed by atoms with van der Waals surface area (Å²) in [5, 5.41) is 9.84. The van der Waals surface area contributed by atoms with Crippen molar-refractivity contribution in [3.63, 3.8) is 0 Å². The average molecular weight is 612 g/mol. The van der Waals surface area contributed by atoms with Gasteiger partial charge in [-0.05, 0) is 85.4 Å². The molecule has 0 fully saturated rings. The molecule has 43 heavy (non-hydrogen) atoms. The molecule has 4 atom stereocenters. The van der Waals surface area contributed by atoms with Crippen molar-refractivity contribution in [1.29, 1.82) is 0 Å². The predicted octanol–water partition coefficient (Wildman–Crippen LogP) is 6.96. The molecule has 0 saturated heterocycles. The van der Waals surface area contributed by atoms with Crippen molar-refractivity contribution in [2.75, 3.05) is 0 Å². The molecule has 0 aromatic heterocycles. The van der Waals surface area contributed by atoms with E-state index in [1.807, 2.05) is 20.8 Å². The molecule has 0 bridgehead atoms. The lowest BCUT2D eigenvalue weighted by molar-refractivity contribution is -0.139. The largest absolute Gasteiger partial charge is 0.514 e. The molecular formula is C31H49NO11. The highest BCUT2D eigenvalue weighted by Crippen LogP contribution is 2.38. The van der Waals surface area contributed by atoms with Crippen LogP contribution in [0.4, 0.5) is 14.4 Å². The van der Waals surface area contributed by atoms with Crippen LogP contribution in [0.25, 0.3) is 0 Å². The number of carbonyl (C=O) groups excluding carboxylic acids is 3. The van der Waals surface area contributed by atoms with Crippen LogP contribution in [0.1, 0.15) is 107 Å². The molecule has 3 N–H and O–H groups in total. The lowest BCUT2D eigenvalue weighted by Crippen LogP contribution is -2.43. The number of aliphatic carboxylic acids is 1. The molecule has 0 saturated carbocycles. The highest BCUT2D eigenvalue weighted by Gasteiger charge is 2.37. The number of ether oxygens (including phenoxy) is 6. The number of carboxylic acids is 1. The number of carbonyl (C=O) groups is 4. The molecule has 12 nitrogen and oxygen atoms in total. The molecule has 0 aliphatic carbocycles. The maximum absolute atomic E-state index is 12.7. The third kappa shape index (κ3) is 11.9. The molecule has 1 aromatic carbocycles. The van der Waals surface area contributed by atoms with E-state index in [9.17, 15) is 24.3 Å². The van der Waals surface area contributed by atoms with Gasteiger partial charge < -0.3 is 39.3 Å². The lowest BCUT2D eigenvalue weighted by atomic mass is 9.79. The first kappa shape index (κ1) is 37.5. The fourth-order valence-corrected chi connectivity index (χ4v) is 3.58. The van der Waals surface area contributed by atoms with E-state index in [0.717, 1.165) is 0 Å². The molecule has 3 unspecified atom stereocenters. The van der Waals surface area contributed by atoms with Crippen molar-refractivity contribution in [3.05, 3.63) is 23.8 Å². The second kappa shape index (κ2) is 15.3. The van der Waals surface area contributed by atoms with Gasteiger partial charge in [0.15, 0.2) is 11.5 Å². The average Bonchev–Trinajstić information content (AvgIpc) is 2.88. The number of nitrogens with two attached hydrogens (primary N) is 1. The van der Waals surface area contributed by atoms with E-state index in [4.69, 9.17) is 34.2 Å². The maximum Gasteiger partial charge on any atom is 0.514 e. The predicted molar refractivity (Wildman–Crippen MR) is 158 cm³/mol. The van der Waals surface area contributed by atoms with Gasteiger partial charge in [-0.25, -0.2) is 14.4 Å². The van der Waals surface area contributed by atoms with Crippen LogP contribution >= 0.6 is 0 Å². The van der Waals surface area contributed by atoms with Crippen molar-refractivity contribution in [1.82, 2.24) is 0 Å². The summed E-state index contributed by atoms with van der Waals surface area (Å²) in [7, 11) is 0. The summed E-state index contributed by atoms with van der Waals surface area (Å²) in [5.74, 6) is -3.32. The SMILES string of the molecule is CCC(C)(C)OC(=O)Oc1ccc(C(C(C)C(C)OC(=O)OC(C)(C)CC)[C@H](N)C(=O)O)cc1OC(=O)OC(C)(C)CC. The Bertz CT molecular complexity index is 1130. The molecule has 1 rings (SSSR count). The second-order valence-corrected chi connectivity index (χ2v) is 12.4. The monoisotopic (exact) mass is 611 g/mol. The van der Waals surface area contributed by atoms with Crippen molar-refractivity contribution < 1.29 is 52.7 Å². The zero-order valence-electron chi connectivity index (χ0n) is 27.3. The molecular weight excluding hydrogens is 562 g/mol. The van der Waals surface area contributed by atoms with E-state index in [1.54, 1.807) is 55.4 Å². The Balaban J connectivity index is 3.52. The van der Waals surface area contributed by atoms with Crippen molar-refractivity contribution in [2.24, 2.45) is 11.7 Å². The van der Waals surface area contributed by atoms with E-state index in [1.165, 1.54) is 18.2 Å². The molecule has 0 aliphatic heterocycles. The molecule has 0 heterocycles. The normalized spacial score (nSPS) is 14.9. The van der Waals surface area contributed by atoms with Crippen LogP contribution in [-0.4, -0.2) is 58.5 Å². The van der Waals surface area contributed by atoms with E-state index >= 15 is 0 Å². The quantitative estimate of drug-likeness (QED) is 0.126. The summed E-state index contributed by atoms with van der Waals surface area (Å²) in [6, 6.07) is 2.70. The summed E-state index contributed by atoms with van der Waals surface area (Å²) < 4.78 is 32.4. The van der Waals surface area contributed by atoms with Gasteiger partial charge in [0.2, 0.25) is 0 Å². The smallest absolute Gasteiger partial charge is 0.480 e. The zero-order valence-corrected chi connectivity index (χ0v) is 27.3. The standard InChI is InChI=1S/C31H49NO11/c1-12-29(6,7)41-26(35)38-19(5)18(4)23(24(32)25(33)34)20-15-16-21(39-27(36)42-30(8,9)13-2)22(17-20)40-28(37)43-31(10,11)14-3/h15-19,23-24H,12-14,32H2,1-11H3,(H,33,34)/t18?,19?,23?,24-/m0/s1. The number of hydrogen-bond donors (Lipinski definition) is 2. The molecule has 244 valence electrons. The van der Waals surface area contributed by atoms with Crippen LogP contribution in [0.5, 0.6) is 11.5 Å². The van der Waals surface area contributed by atoms with E-state index in [-0.39, 0.29) is 11.5 Å². The van der Waals surface area contributed by atoms with Gasteiger partial charge in [-0.15, -0.1) is 0 Å². The van der Waals surface area contributed by atoms with Gasteiger partial charge in [0.25, 0.3) is 0 Å². The molecule has 0 amide bonds. The van der Waals surface area contributed by atoms with Gasteiger partial charge in [-0.3, -0.25) is 4.79 Å². The Hall–Kier alpha value is -3.54. The fourth-order valence-electron chi connectivity index (χ4n) is 3.58. The van der Waals surface area contributed by atoms with Crippen molar-refractivity contribution in [2.45, 2.75) is 130 Å². The second-order valence-electron chi connectivity index (χ2n) is 12.4. The number of carboxylic acid groups (broad SMARTS) is 1. The molecule has 12 heteroatoms. The van der Waals surface area contributed by atoms with Gasteiger partial charge in [0.05, 0.1) is 0 Å². The molecule has 0 radical (unpaired) electrons. The minimum Gasteiger partial charge on any atom is -0.480 e. The number of benzene rings is 1. The fraction of sp³-hybridized carbons (Fsp3) is 0.677. The summed E-state index contributed by atoms with van der Waals surface area (Å²) >= 11 is 0. The van der Waals surface area contributed by atoms with Crippen molar-refractivity contribution in [3.8, 4) is 11.5 Å². The summed E-state index contributed by atoms with van der Waals surface area (Å²) in [6.45, 7) is 19.1. The zero-order chi connectivity index (χ0) is 33.3. The Morgan fingerprint density at radius 3 is 1.58 bits per heavy atom. The summed E-state index contributed by atoms with van der Waals surface area (Å²) in [4.78, 5) is 49.8. The highest BCUT2D eigenvalue weighted by atomic mass is 16.8. The minimum atomic E-state index is -1.45. The molecule has 0 spiro atoms. The van der Waals surface area contributed by atoms with Gasteiger partial charge in [-0.1, -0.05) is 33.8 Å². The van der Waals surface area contributed by atoms with Gasteiger partial charge in [0, 0.05) is 11.8 Å².